The number of carbonyl (C=O) groups excluding carboxylic acids is 1. The molecule has 0 aromatic heterocycles. The predicted octanol–water partition coefficient (Wildman–Crippen LogP) is 2.98. The van der Waals surface area contributed by atoms with Gasteiger partial charge in [-0.3, -0.25) is 4.79 Å². The molecule has 1 aromatic carbocycles. The average Bonchev–Trinajstić information content (AvgIpc) is 2.18. The number of Topliss-reactive ketones (excluding diaryl/α,β-unsaturated/α-hetero) is 1. The van der Waals surface area contributed by atoms with E-state index in [-0.39, 0.29) is 5.78 Å². The quantitative estimate of drug-likeness (QED) is 0.570. The van der Waals surface area contributed by atoms with E-state index in [1.54, 1.807) is 12.1 Å². The van der Waals surface area contributed by atoms with E-state index in [4.69, 9.17) is 0 Å². The highest BCUT2D eigenvalue weighted by Gasteiger charge is 2.00. The molecule has 2 heteroatoms. The Morgan fingerprint density at radius 1 is 1.38 bits per heavy atom. The Balaban J connectivity index is 2.91. The summed E-state index contributed by atoms with van der Waals surface area (Å²) in [5.41, 5.74) is 1.66. The molecule has 0 aliphatic rings. The second-order valence-corrected chi connectivity index (χ2v) is 2.97. The lowest BCUT2D eigenvalue weighted by molar-refractivity contribution is 0.0988. The van der Waals surface area contributed by atoms with Gasteiger partial charge in [-0.1, -0.05) is 25.0 Å². The van der Waals surface area contributed by atoms with Crippen LogP contribution < -0.4 is 0 Å². The SMILES string of the molecule is CCC(=O)c1ccc(C#CBr)cc1. The van der Waals surface area contributed by atoms with Crippen molar-refractivity contribution < 1.29 is 4.79 Å². The van der Waals surface area contributed by atoms with Crippen LogP contribution in [-0.4, -0.2) is 5.78 Å². The maximum Gasteiger partial charge on any atom is 0.162 e. The van der Waals surface area contributed by atoms with E-state index in [0.29, 0.717) is 6.42 Å². The average molecular weight is 237 g/mol. The lowest BCUT2D eigenvalue weighted by atomic mass is 10.1. The van der Waals surface area contributed by atoms with Crippen LogP contribution in [0, 0.1) is 10.8 Å². The van der Waals surface area contributed by atoms with Gasteiger partial charge < -0.3 is 0 Å². The first kappa shape index (κ1) is 10.0. The van der Waals surface area contributed by atoms with Crippen molar-refractivity contribution in [3.8, 4) is 10.8 Å². The van der Waals surface area contributed by atoms with Crippen molar-refractivity contribution in [2.45, 2.75) is 13.3 Å². The molecule has 0 heterocycles. The first-order valence-electron chi connectivity index (χ1n) is 4.03. The van der Waals surface area contributed by atoms with Gasteiger partial charge in [0, 0.05) is 33.5 Å². The Morgan fingerprint density at radius 2 is 2.00 bits per heavy atom. The minimum absolute atomic E-state index is 0.165. The lowest BCUT2D eigenvalue weighted by Crippen LogP contribution is -1.95. The van der Waals surface area contributed by atoms with Crippen molar-refractivity contribution >= 4 is 21.7 Å². The molecule has 0 saturated carbocycles. The molecule has 1 rings (SSSR count). The highest BCUT2D eigenvalue weighted by atomic mass is 79.9. The lowest BCUT2D eigenvalue weighted by Gasteiger charge is -1.96. The molecule has 0 radical (unpaired) electrons. The monoisotopic (exact) mass is 236 g/mol. The third-order valence-electron chi connectivity index (χ3n) is 1.72. The second kappa shape index (κ2) is 4.84. The molecule has 0 atom stereocenters. The van der Waals surface area contributed by atoms with Gasteiger partial charge in [0.15, 0.2) is 5.78 Å². The number of halogens is 1. The van der Waals surface area contributed by atoms with Crippen LogP contribution in [0.3, 0.4) is 0 Å². The third kappa shape index (κ3) is 2.71. The summed E-state index contributed by atoms with van der Waals surface area (Å²) in [4.78, 5) is 13.9. The van der Waals surface area contributed by atoms with Crippen molar-refractivity contribution in [2.24, 2.45) is 0 Å². The number of rotatable bonds is 2. The molecule has 0 fully saturated rings. The van der Waals surface area contributed by atoms with Gasteiger partial charge in [-0.2, -0.15) is 0 Å². The van der Waals surface area contributed by atoms with Gasteiger partial charge in [0.1, 0.15) is 0 Å². The summed E-state index contributed by atoms with van der Waals surface area (Å²) in [6.07, 6.45) is 0.545. The fraction of sp³-hybridized carbons (Fsp3) is 0.182. The van der Waals surface area contributed by atoms with Gasteiger partial charge in [-0.05, 0) is 17.0 Å². The molecule has 0 aliphatic heterocycles. The summed E-state index contributed by atoms with van der Waals surface area (Å²) < 4.78 is 0. The highest BCUT2D eigenvalue weighted by Crippen LogP contribution is 2.05. The van der Waals surface area contributed by atoms with E-state index in [9.17, 15) is 4.79 Å². The molecule has 0 amide bonds. The van der Waals surface area contributed by atoms with Gasteiger partial charge in [0.25, 0.3) is 0 Å². The molecule has 0 unspecified atom stereocenters. The van der Waals surface area contributed by atoms with E-state index < -0.39 is 0 Å². The minimum atomic E-state index is 0.165. The van der Waals surface area contributed by atoms with Crippen LogP contribution in [0.4, 0.5) is 0 Å². The molecule has 0 saturated heterocycles. The number of benzene rings is 1. The summed E-state index contributed by atoms with van der Waals surface area (Å²) in [7, 11) is 0. The predicted molar refractivity (Wildman–Crippen MR) is 56.9 cm³/mol. The van der Waals surface area contributed by atoms with Crippen LogP contribution in [-0.2, 0) is 0 Å². The summed E-state index contributed by atoms with van der Waals surface area (Å²) in [5.74, 6) is 3.01. The maximum atomic E-state index is 11.2. The number of carbonyl (C=O) groups is 1. The van der Waals surface area contributed by atoms with Crippen molar-refractivity contribution in [1.82, 2.24) is 0 Å². The van der Waals surface area contributed by atoms with Crippen molar-refractivity contribution in [1.29, 1.82) is 0 Å². The summed E-state index contributed by atoms with van der Waals surface area (Å²) in [6.45, 7) is 1.86. The maximum absolute atomic E-state index is 11.2. The molecule has 1 nitrogen and oxygen atoms in total. The summed E-state index contributed by atoms with van der Waals surface area (Å²) >= 11 is 3.02. The zero-order valence-electron chi connectivity index (χ0n) is 7.30. The normalized spacial score (nSPS) is 8.77. The van der Waals surface area contributed by atoms with Crippen LogP contribution in [0.5, 0.6) is 0 Å². The van der Waals surface area contributed by atoms with Crippen LogP contribution in [0.2, 0.25) is 0 Å². The van der Waals surface area contributed by atoms with Crippen molar-refractivity contribution in [3.63, 3.8) is 0 Å². The van der Waals surface area contributed by atoms with E-state index in [0.717, 1.165) is 11.1 Å². The number of hydrogen-bond donors (Lipinski definition) is 0. The van der Waals surface area contributed by atoms with Gasteiger partial charge in [-0.25, -0.2) is 0 Å². The molecule has 1 aromatic rings. The summed E-state index contributed by atoms with van der Waals surface area (Å²) in [5, 5.41) is 0. The van der Waals surface area contributed by atoms with Crippen LogP contribution >= 0.6 is 15.9 Å². The Bertz CT molecular complexity index is 354. The van der Waals surface area contributed by atoms with Gasteiger partial charge in [0.05, 0.1) is 0 Å². The van der Waals surface area contributed by atoms with E-state index in [1.165, 1.54) is 0 Å². The molecule has 0 aliphatic carbocycles. The van der Waals surface area contributed by atoms with Gasteiger partial charge in [-0.15, -0.1) is 0 Å². The fourth-order valence-corrected chi connectivity index (χ4v) is 1.23. The molecule has 0 bridgehead atoms. The van der Waals surface area contributed by atoms with Crippen molar-refractivity contribution in [2.75, 3.05) is 0 Å². The molecular formula is C11H9BrO. The smallest absolute Gasteiger partial charge is 0.162 e. The third-order valence-corrected chi connectivity index (χ3v) is 1.92. The molecule has 0 spiro atoms. The minimum Gasteiger partial charge on any atom is -0.294 e. The van der Waals surface area contributed by atoms with Crippen molar-refractivity contribution in [3.05, 3.63) is 35.4 Å². The first-order valence-corrected chi connectivity index (χ1v) is 4.82. The zero-order valence-corrected chi connectivity index (χ0v) is 8.89. The van der Waals surface area contributed by atoms with Gasteiger partial charge in [0.2, 0.25) is 0 Å². The Hall–Kier alpha value is -1.07. The Labute approximate surface area is 86.3 Å². The Morgan fingerprint density at radius 3 is 2.46 bits per heavy atom. The standard InChI is InChI=1S/C11H9BrO/c1-2-11(13)10-5-3-9(4-6-10)7-8-12/h3-6H,2H2,1H3. The van der Waals surface area contributed by atoms with Crippen LogP contribution in [0.25, 0.3) is 0 Å². The fourth-order valence-electron chi connectivity index (χ4n) is 0.998. The molecule has 66 valence electrons. The topological polar surface area (TPSA) is 17.1 Å². The van der Waals surface area contributed by atoms with Crippen LogP contribution in [0.1, 0.15) is 29.3 Å². The van der Waals surface area contributed by atoms with Crippen LogP contribution in [0.15, 0.2) is 24.3 Å². The zero-order chi connectivity index (χ0) is 9.68. The molecule has 13 heavy (non-hydrogen) atoms. The molecule has 0 N–H and O–H groups in total. The Kier molecular flexibility index (Phi) is 3.72. The van der Waals surface area contributed by atoms with E-state index >= 15 is 0 Å². The number of ketones is 1. The largest absolute Gasteiger partial charge is 0.294 e. The van der Waals surface area contributed by atoms with E-state index in [1.807, 2.05) is 19.1 Å². The second-order valence-electron chi connectivity index (χ2n) is 2.57. The number of hydrogen-bond acceptors (Lipinski definition) is 1. The first-order chi connectivity index (χ1) is 6.27. The summed E-state index contributed by atoms with van der Waals surface area (Å²) in [6, 6.07) is 7.30. The van der Waals surface area contributed by atoms with Gasteiger partial charge >= 0.3 is 0 Å². The van der Waals surface area contributed by atoms with E-state index in [2.05, 4.69) is 26.7 Å². The highest BCUT2D eigenvalue weighted by molar-refractivity contribution is 9.12. The molecular weight excluding hydrogens is 228 g/mol.